The van der Waals surface area contributed by atoms with Crippen LogP contribution in [-0.2, 0) is 6.42 Å². The van der Waals surface area contributed by atoms with Crippen LogP contribution in [-0.4, -0.2) is 0 Å². The molecule has 0 amide bonds. The molecule has 41 heavy (non-hydrogen) atoms. The van der Waals surface area contributed by atoms with Crippen LogP contribution in [0.5, 0.6) is 0 Å². The van der Waals surface area contributed by atoms with Gasteiger partial charge < -0.3 is 4.42 Å². The fourth-order valence-electron chi connectivity index (χ4n) is 7.11. The standard InChI is InChI=1S/C40H26O/c1-2-13-27-24-37-35(23-26(27)12-1)40-34(21-10-22-36(40)41-37)39-32-18-7-5-16-30(32)38(31-17-6-8-19-33(31)39)29-20-9-14-25-11-3-4-15-28(25)29/h2-11,13-24H,1,12H2. The van der Waals surface area contributed by atoms with Crippen LogP contribution in [0, 0.1) is 0 Å². The number of benzene rings is 7. The van der Waals surface area contributed by atoms with Crippen LogP contribution in [0.15, 0.2) is 132 Å². The van der Waals surface area contributed by atoms with E-state index in [-0.39, 0.29) is 0 Å². The van der Waals surface area contributed by atoms with Gasteiger partial charge in [-0.05, 0) is 96.7 Å². The van der Waals surface area contributed by atoms with Crippen molar-refractivity contribution < 1.29 is 4.42 Å². The first-order chi connectivity index (χ1) is 20.3. The first kappa shape index (κ1) is 22.7. The minimum Gasteiger partial charge on any atom is -0.456 e. The Labute approximate surface area is 238 Å². The molecule has 0 fully saturated rings. The van der Waals surface area contributed by atoms with Gasteiger partial charge in [-0.2, -0.15) is 0 Å². The maximum atomic E-state index is 6.51. The average Bonchev–Trinajstić information content (AvgIpc) is 3.40. The Bertz CT molecular complexity index is 2300. The molecule has 1 aliphatic rings. The van der Waals surface area contributed by atoms with Crippen LogP contribution in [0.4, 0.5) is 0 Å². The lowest BCUT2D eigenvalue weighted by Gasteiger charge is -2.19. The van der Waals surface area contributed by atoms with Gasteiger partial charge in [0.1, 0.15) is 11.2 Å². The van der Waals surface area contributed by atoms with Crippen LogP contribution in [0.25, 0.3) is 82.6 Å². The highest BCUT2D eigenvalue weighted by atomic mass is 16.3. The van der Waals surface area contributed by atoms with Gasteiger partial charge in [0.2, 0.25) is 0 Å². The Balaban J connectivity index is 1.44. The summed E-state index contributed by atoms with van der Waals surface area (Å²) in [6, 6.07) is 44.4. The summed E-state index contributed by atoms with van der Waals surface area (Å²) in [4.78, 5) is 0. The predicted molar refractivity (Wildman–Crippen MR) is 174 cm³/mol. The van der Waals surface area contributed by atoms with Gasteiger partial charge in [-0.15, -0.1) is 0 Å². The largest absolute Gasteiger partial charge is 0.456 e. The second-order valence-corrected chi connectivity index (χ2v) is 11.1. The molecule has 0 spiro atoms. The molecule has 1 aromatic heterocycles. The molecule has 0 saturated carbocycles. The highest BCUT2D eigenvalue weighted by Crippen LogP contribution is 2.48. The molecule has 0 bridgehead atoms. The molecule has 0 saturated heterocycles. The van der Waals surface area contributed by atoms with Crippen LogP contribution >= 0.6 is 0 Å². The molecule has 8 aromatic rings. The van der Waals surface area contributed by atoms with Crippen LogP contribution in [0.3, 0.4) is 0 Å². The Morgan fingerprint density at radius 1 is 0.488 bits per heavy atom. The van der Waals surface area contributed by atoms with E-state index < -0.39 is 0 Å². The molecule has 0 atom stereocenters. The SMILES string of the molecule is C1=Cc2cc3oc4cccc(-c5c6ccccc6c(-c6cccc7ccccc67)c6ccccc56)c4c3cc2CC1. The van der Waals surface area contributed by atoms with Gasteiger partial charge >= 0.3 is 0 Å². The zero-order chi connectivity index (χ0) is 26.9. The van der Waals surface area contributed by atoms with Crippen molar-refractivity contribution in [2.45, 2.75) is 12.8 Å². The lowest BCUT2D eigenvalue weighted by molar-refractivity contribution is 0.668. The number of hydrogen-bond acceptors (Lipinski definition) is 1. The molecule has 9 rings (SSSR count). The number of rotatable bonds is 2. The average molecular weight is 523 g/mol. The third-order valence-corrected chi connectivity index (χ3v) is 8.89. The number of allylic oxidation sites excluding steroid dienone is 1. The van der Waals surface area contributed by atoms with Gasteiger partial charge in [0, 0.05) is 10.8 Å². The second-order valence-electron chi connectivity index (χ2n) is 11.1. The van der Waals surface area contributed by atoms with Crippen molar-refractivity contribution in [1.82, 2.24) is 0 Å². The van der Waals surface area contributed by atoms with Crippen LogP contribution in [0.2, 0.25) is 0 Å². The van der Waals surface area contributed by atoms with Gasteiger partial charge in [-0.3, -0.25) is 0 Å². The highest BCUT2D eigenvalue weighted by molar-refractivity contribution is 6.27. The molecule has 0 N–H and O–H groups in total. The Hall–Kier alpha value is -5.14. The van der Waals surface area contributed by atoms with E-state index in [1.165, 1.54) is 76.5 Å². The van der Waals surface area contributed by atoms with E-state index in [9.17, 15) is 0 Å². The summed E-state index contributed by atoms with van der Waals surface area (Å²) in [7, 11) is 0. The Kier molecular flexibility index (Phi) is 4.80. The lowest BCUT2D eigenvalue weighted by Crippen LogP contribution is -1.93. The van der Waals surface area contributed by atoms with Crippen molar-refractivity contribution in [3.63, 3.8) is 0 Å². The first-order valence-electron chi connectivity index (χ1n) is 14.4. The van der Waals surface area contributed by atoms with Gasteiger partial charge in [0.25, 0.3) is 0 Å². The molecule has 1 heterocycles. The van der Waals surface area contributed by atoms with Crippen molar-refractivity contribution in [3.05, 3.63) is 139 Å². The third kappa shape index (κ3) is 3.30. The molecule has 7 aromatic carbocycles. The van der Waals surface area contributed by atoms with E-state index in [0.717, 1.165) is 24.0 Å². The molecule has 192 valence electrons. The quantitative estimate of drug-likeness (QED) is 0.206. The van der Waals surface area contributed by atoms with Crippen molar-refractivity contribution in [3.8, 4) is 22.3 Å². The summed E-state index contributed by atoms with van der Waals surface area (Å²) in [5, 5.41) is 10.0. The maximum absolute atomic E-state index is 6.51. The zero-order valence-electron chi connectivity index (χ0n) is 22.5. The van der Waals surface area contributed by atoms with E-state index in [1.807, 2.05) is 0 Å². The number of fused-ring (bicyclic) bond motifs is 7. The predicted octanol–water partition coefficient (Wildman–Crippen LogP) is 11.3. The van der Waals surface area contributed by atoms with Crippen molar-refractivity contribution in [2.75, 3.05) is 0 Å². The molecule has 1 nitrogen and oxygen atoms in total. The van der Waals surface area contributed by atoms with E-state index in [0.29, 0.717) is 0 Å². The highest BCUT2D eigenvalue weighted by Gasteiger charge is 2.21. The van der Waals surface area contributed by atoms with E-state index in [2.05, 4.69) is 133 Å². The molecular weight excluding hydrogens is 496 g/mol. The van der Waals surface area contributed by atoms with Crippen LogP contribution in [0.1, 0.15) is 17.5 Å². The summed E-state index contributed by atoms with van der Waals surface area (Å²) in [6.45, 7) is 0. The second kappa shape index (κ2) is 8.68. The van der Waals surface area contributed by atoms with Crippen molar-refractivity contribution >= 4 is 60.3 Å². The molecule has 1 aliphatic carbocycles. The number of furan rings is 1. The van der Waals surface area contributed by atoms with Gasteiger partial charge in [0.05, 0.1) is 0 Å². The molecular formula is C40H26O. The van der Waals surface area contributed by atoms with E-state index in [1.54, 1.807) is 0 Å². The normalized spacial score (nSPS) is 13.1. The fourth-order valence-corrected chi connectivity index (χ4v) is 7.11. The molecule has 0 radical (unpaired) electrons. The topological polar surface area (TPSA) is 13.1 Å². The fraction of sp³-hybridized carbons (Fsp3) is 0.0500. The lowest BCUT2D eigenvalue weighted by atomic mass is 9.84. The zero-order valence-corrected chi connectivity index (χ0v) is 22.5. The van der Waals surface area contributed by atoms with Gasteiger partial charge in [-0.1, -0.05) is 115 Å². The van der Waals surface area contributed by atoms with Crippen LogP contribution < -0.4 is 0 Å². The van der Waals surface area contributed by atoms with Gasteiger partial charge in [-0.25, -0.2) is 0 Å². The van der Waals surface area contributed by atoms with Gasteiger partial charge in [0.15, 0.2) is 0 Å². The Morgan fingerprint density at radius 3 is 1.85 bits per heavy atom. The monoisotopic (exact) mass is 522 g/mol. The number of hydrogen-bond donors (Lipinski definition) is 0. The van der Waals surface area contributed by atoms with Crippen molar-refractivity contribution in [1.29, 1.82) is 0 Å². The summed E-state index contributed by atoms with van der Waals surface area (Å²) in [6.07, 6.45) is 6.66. The smallest absolute Gasteiger partial charge is 0.136 e. The summed E-state index contributed by atoms with van der Waals surface area (Å²) >= 11 is 0. The van der Waals surface area contributed by atoms with Crippen molar-refractivity contribution in [2.24, 2.45) is 0 Å². The summed E-state index contributed by atoms with van der Waals surface area (Å²) in [5.41, 5.74) is 9.64. The number of aryl methyl sites for hydroxylation is 1. The molecule has 1 heteroatoms. The Morgan fingerprint density at radius 2 is 1.10 bits per heavy atom. The minimum absolute atomic E-state index is 0.940. The van der Waals surface area contributed by atoms with E-state index >= 15 is 0 Å². The minimum atomic E-state index is 0.940. The first-order valence-corrected chi connectivity index (χ1v) is 14.4. The molecule has 0 unspecified atom stereocenters. The molecule has 0 aliphatic heterocycles. The third-order valence-electron chi connectivity index (χ3n) is 8.89. The summed E-state index contributed by atoms with van der Waals surface area (Å²) in [5.74, 6) is 0. The summed E-state index contributed by atoms with van der Waals surface area (Å²) < 4.78 is 6.51. The maximum Gasteiger partial charge on any atom is 0.136 e. The van der Waals surface area contributed by atoms with E-state index in [4.69, 9.17) is 4.42 Å².